The molecule has 1 atom stereocenters. The Morgan fingerprint density at radius 1 is 1.00 bits per heavy atom. The second kappa shape index (κ2) is 6.75. The molecule has 1 N–H and O–H groups in total. The van der Waals surface area contributed by atoms with E-state index in [1.54, 1.807) is 12.4 Å². The third-order valence-electron chi connectivity index (χ3n) is 4.42. The molecular formula is C21H20N2O. The number of pyridine rings is 1. The Balaban J connectivity index is 1.45. The lowest BCUT2D eigenvalue weighted by Gasteiger charge is -2.27. The van der Waals surface area contributed by atoms with Crippen molar-refractivity contribution in [1.29, 1.82) is 0 Å². The minimum atomic E-state index is 0.166. The monoisotopic (exact) mass is 316 g/mol. The molecule has 1 aliphatic heterocycles. The number of aromatic nitrogens is 1. The largest absolute Gasteiger partial charge is 0.485 e. The Labute approximate surface area is 142 Å². The van der Waals surface area contributed by atoms with Gasteiger partial charge in [-0.15, -0.1) is 0 Å². The van der Waals surface area contributed by atoms with Crippen LogP contribution in [-0.4, -0.2) is 4.98 Å². The van der Waals surface area contributed by atoms with Crippen LogP contribution in [0, 0.1) is 0 Å². The number of aryl methyl sites for hydroxylation is 1. The minimum absolute atomic E-state index is 0.166. The normalized spacial score (nSPS) is 16.1. The van der Waals surface area contributed by atoms with Gasteiger partial charge >= 0.3 is 0 Å². The standard InChI is InChI=1S/C21H20N2O/c1-2-4-17(5-3-1)20-9-7-18-14-16(6-8-21(18)24-20)15-23-19-10-12-22-13-11-19/h1-6,8,10-14,20H,7,9,15H2,(H,22,23). The zero-order valence-corrected chi connectivity index (χ0v) is 13.5. The molecule has 0 bridgehead atoms. The zero-order chi connectivity index (χ0) is 16.2. The summed E-state index contributed by atoms with van der Waals surface area (Å²) in [6.45, 7) is 0.805. The first-order valence-corrected chi connectivity index (χ1v) is 8.36. The van der Waals surface area contributed by atoms with Crippen LogP contribution in [0.2, 0.25) is 0 Å². The molecule has 1 unspecified atom stereocenters. The first-order chi connectivity index (χ1) is 11.9. The third-order valence-corrected chi connectivity index (χ3v) is 4.42. The molecule has 24 heavy (non-hydrogen) atoms. The molecule has 1 aromatic heterocycles. The first-order valence-electron chi connectivity index (χ1n) is 8.36. The van der Waals surface area contributed by atoms with Crippen molar-refractivity contribution >= 4 is 5.69 Å². The van der Waals surface area contributed by atoms with Crippen LogP contribution in [0.15, 0.2) is 73.1 Å². The summed E-state index contributed by atoms with van der Waals surface area (Å²) in [5.74, 6) is 1.02. The maximum Gasteiger partial charge on any atom is 0.124 e. The highest BCUT2D eigenvalue weighted by Crippen LogP contribution is 2.35. The van der Waals surface area contributed by atoms with Crippen LogP contribution < -0.4 is 10.1 Å². The molecule has 2 heterocycles. The predicted octanol–water partition coefficient (Wildman–Crippen LogP) is 4.76. The van der Waals surface area contributed by atoms with Gasteiger partial charge in [-0.3, -0.25) is 4.98 Å². The highest BCUT2D eigenvalue weighted by molar-refractivity contribution is 5.44. The maximum absolute atomic E-state index is 6.21. The molecule has 0 aliphatic carbocycles. The van der Waals surface area contributed by atoms with E-state index in [0.29, 0.717) is 0 Å². The lowest BCUT2D eigenvalue weighted by molar-refractivity contribution is 0.176. The molecule has 0 saturated heterocycles. The number of hydrogen-bond acceptors (Lipinski definition) is 3. The summed E-state index contributed by atoms with van der Waals surface area (Å²) >= 11 is 0. The quantitative estimate of drug-likeness (QED) is 0.753. The van der Waals surface area contributed by atoms with Crippen LogP contribution in [0.1, 0.15) is 29.2 Å². The number of rotatable bonds is 4. The van der Waals surface area contributed by atoms with Crippen molar-refractivity contribution in [2.45, 2.75) is 25.5 Å². The molecule has 1 aliphatic rings. The number of hydrogen-bond donors (Lipinski definition) is 1. The van der Waals surface area contributed by atoms with E-state index in [1.165, 1.54) is 16.7 Å². The van der Waals surface area contributed by atoms with E-state index in [0.717, 1.165) is 30.8 Å². The lowest BCUT2D eigenvalue weighted by atomic mass is 9.96. The van der Waals surface area contributed by atoms with E-state index in [1.807, 2.05) is 18.2 Å². The SMILES string of the molecule is c1ccc(C2CCc3cc(CNc4ccncc4)ccc3O2)cc1. The van der Waals surface area contributed by atoms with Crippen molar-refractivity contribution in [2.75, 3.05) is 5.32 Å². The smallest absolute Gasteiger partial charge is 0.124 e. The van der Waals surface area contributed by atoms with Crippen molar-refractivity contribution in [3.63, 3.8) is 0 Å². The van der Waals surface area contributed by atoms with Gasteiger partial charge in [0.05, 0.1) is 0 Å². The Bertz CT molecular complexity index is 803. The van der Waals surface area contributed by atoms with Gasteiger partial charge in [-0.2, -0.15) is 0 Å². The van der Waals surface area contributed by atoms with Gasteiger partial charge in [0.2, 0.25) is 0 Å². The van der Waals surface area contributed by atoms with Gasteiger partial charge in [0.25, 0.3) is 0 Å². The third kappa shape index (κ3) is 3.25. The van der Waals surface area contributed by atoms with Crippen LogP contribution in [0.25, 0.3) is 0 Å². The summed E-state index contributed by atoms with van der Waals surface area (Å²) in [4.78, 5) is 4.03. The van der Waals surface area contributed by atoms with Gasteiger partial charge < -0.3 is 10.1 Å². The highest BCUT2D eigenvalue weighted by atomic mass is 16.5. The topological polar surface area (TPSA) is 34.2 Å². The summed E-state index contributed by atoms with van der Waals surface area (Å²) in [6.07, 6.45) is 5.84. The molecule has 3 aromatic rings. The molecule has 2 aromatic carbocycles. The van der Waals surface area contributed by atoms with Crippen LogP contribution in [0.3, 0.4) is 0 Å². The van der Waals surface area contributed by atoms with E-state index >= 15 is 0 Å². The van der Waals surface area contributed by atoms with Crippen LogP contribution in [0.5, 0.6) is 5.75 Å². The molecule has 0 amide bonds. The summed E-state index contributed by atoms with van der Waals surface area (Å²) in [5, 5.41) is 3.42. The van der Waals surface area contributed by atoms with E-state index in [9.17, 15) is 0 Å². The van der Waals surface area contributed by atoms with Gasteiger partial charge in [-0.05, 0) is 47.7 Å². The second-order valence-electron chi connectivity index (χ2n) is 6.09. The fourth-order valence-corrected chi connectivity index (χ4v) is 3.13. The van der Waals surface area contributed by atoms with E-state index < -0.39 is 0 Å². The van der Waals surface area contributed by atoms with E-state index in [4.69, 9.17) is 4.74 Å². The number of fused-ring (bicyclic) bond motifs is 1. The van der Waals surface area contributed by atoms with Crippen molar-refractivity contribution in [1.82, 2.24) is 4.98 Å². The maximum atomic E-state index is 6.21. The minimum Gasteiger partial charge on any atom is -0.485 e. The van der Waals surface area contributed by atoms with Crippen molar-refractivity contribution in [2.24, 2.45) is 0 Å². The summed E-state index contributed by atoms with van der Waals surface area (Å²) in [7, 11) is 0. The molecule has 3 nitrogen and oxygen atoms in total. The Kier molecular flexibility index (Phi) is 4.15. The number of ether oxygens (including phenoxy) is 1. The Hall–Kier alpha value is -2.81. The predicted molar refractivity (Wildman–Crippen MR) is 96.1 cm³/mol. The number of benzene rings is 2. The molecular weight excluding hydrogens is 296 g/mol. The molecule has 120 valence electrons. The van der Waals surface area contributed by atoms with E-state index in [-0.39, 0.29) is 6.10 Å². The Morgan fingerprint density at radius 2 is 1.83 bits per heavy atom. The van der Waals surface area contributed by atoms with Crippen molar-refractivity contribution in [3.05, 3.63) is 89.7 Å². The fourth-order valence-electron chi connectivity index (χ4n) is 3.13. The Morgan fingerprint density at radius 3 is 2.67 bits per heavy atom. The van der Waals surface area contributed by atoms with Gasteiger partial charge in [-0.25, -0.2) is 0 Å². The number of nitrogens with one attached hydrogen (secondary N) is 1. The van der Waals surface area contributed by atoms with Crippen LogP contribution in [-0.2, 0) is 13.0 Å². The highest BCUT2D eigenvalue weighted by Gasteiger charge is 2.21. The van der Waals surface area contributed by atoms with E-state index in [2.05, 4.69) is 52.8 Å². The lowest BCUT2D eigenvalue weighted by Crippen LogP contribution is -2.15. The summed E-state index contributed by atoms with van der Waals surface area (Å²) < 4.78 is 6.21. The first kappa shape index (κ1) is 14.8. The number of nitrogens with zero attached hydrogens (tertiary/aromatic N) is 1. The molecule has 4 rings (SSSR count). The average Bonchev–Trinajstić information content (AvgIpc) is 2.67. The van der Waals surface area contributed by atoms with Crippen LogP contribution >= 0.6 is 0 Å². The van der Waals surface area contributed by atoms with Gasteiger partial charge in [-0.1, -0.05) is 42.5 Å². The molecule has 0 spiro atoms. The summed E-state index contributed by atoms with van der Waals surface area (Å²) in [6, 6.07) is 20.9. The van der Waals surface area contributed by atoms with Crippen molar-refractivity contribution in [3.8, 4) is 5.75 Å². The molecule has 3 heteroatoms. The van der Waals surface area contributed by atoms with Gasteiger partial charge in [0, 0.05) is 24.6 Å². The van der Waals surface area contributed by atoms with Gasteiger partial charge in [0.15, 0.2) is 0 Å². The number of anilines is 1. The molecule has 0 fully saturated rings. The van der Waals surface area contributed by atoms with Crippen LogP contribution in [0.4, 0.5) is 5.69 Å². The van der Waals surface area contributed by atoms with Crippen molar-refractivity contribution < 1.29 is 4.74 Å². The molecule has 0 radical (unpaired) electrons. The fraction of sp³-hybridized carbons (Fsp3) is 0.190. The average molecular weight is 316 g/mol. The zero-order valence-electron chi connectivity index (χ0n) is 13.5. The molecule has 0 saturated carbocycles. The second-order valence-corrected chi connectivity index (χ2v) is 6.09. The van der Waals surface area contributed by atoms with Gasteiger partial charge in [0.1, 0.15) is 11.9 Å². The summed E-state index contributed by atoms with van der Waals surface area (Å²) in [5.41, 5.74) is 4.92.